The molecule has 0 fully saturated rings. The lowest BCUT2D eigenvalue weighted by molar-refractivity contribution is -0.142. The van der Waals surface area contributed by atoms with Gasteiger partial charge in [0.15, 0.2) is 18.1 Å². The minimum absolute atomic E-state index is 0.381. The molecular formula is C22H25NO6. The molecular weight excluding hydrogens is 374 g/mol. The van der Waals surface area contributed by atoms with Crippen LogP contribution >= 0.6 is 0 Å². The van der Waals surface area contributed by atoms with Crippen molar-refractivity contribution in [3.8, 4) is 17.2 Å². The number of rotatable bonds is 9. The molecule has 0 spiro atoms. The molecule has 0 radical (unpaired) electrons. The predicted molar refractivity (Wildman–Crippen MR) is 111 cm³/mol. The van der Waals surface area contributed by atoms with Crippen molar-refractivity contribution >= 4 is 23.6 Å². The molecule has 2 aromatic carbocycles. The Hall–Kier alpha value is -3.48. The zero-order chi connectivity index (χ0) is 21.2. The van der Waals surface area contributed by atoms with Gasteiger partial charge in [0.1, 0.15) is 0 Å². The van der Waals surface area contributed by atoms with E-state index >= 15 is 0 Å². The Morgan fingerprint density at radius 3 is 2.10 bits per heavy atom. The first-order valence-electron chi connectivity index (χ1n) is 9.04. The lowest BCUT2D eigenvalue weighted by atomic mass is 10.1. The average molecular weight is 399 g/mol. The van der Waals surface area contributed by atoms with E-state index in [0.29, 0.717) is 28.5 Å². The van der Waals surface area contributed by atoms with Crippen LogP contribution in [0.3, 0.4) is 0 Å². The largest absolute Gasteiger partial charge is 0.493 e. The van der Waals surface area contributed by atoms with Gasteiger partial charge >= 0.3 is 5.97 Å². The van der Waals surface area contributed by atoms with E-state index < -0.39 is 11.9 Å². The van der Waals surface area contributed by atoms with Crippen LogP contribution in [0.25, 0.3) is 6.08 Å². The quantitative estimate of drug-likeness (QED) is 0.514. The first kappa shape index (κ1) is 21.8. The number of anilines is 1. The third-order valence-corrected chi connectivity index (χ3v) is 4.09. The second kappa shape index (κ2) is 10.8. The van der Waals surface area contributed by atoms with Crippen LogP contribution in [-0.4, -0.2) is 39.8 Å². The molecule has 29 heavy (non-hydrogen) atoms. The van der Waals surface area contributed by atoms with E-state index in [-0.39, 0.29) is 6.61 Å². The van der Waals surface area contributed by atoms with Gasteiger partial charge < -0.3 is 24.3 Å². The van der Waals surface area contributed by atoms with Gasteiger partial charge in [0.05, 0.1) is 21.3 Å². The Kier molecular flexibility index (Phi) is 8.09. The monoisotopic (exact) mass is 399 g/mol. The van der Waals surface area contributed by atoms with E-state index in [0.717, 1.165) is 6.42 Å². The van der Waals surface area contributed by atoms with Crippen molar-refractivity contribution < 1.29 is 28.5 Å². The van der Waals surface area contributed by atoms with Gasteiger partial charge in [-0.3, -0.25) is 4.79 Å². The minimum Gasteiger partial charge on any atom is -0.493 e. The molecule has 0 aliphatic heterocycles. The molecule has 0 aliphatic carbocycles. The summed E-state index contributed by atoms with van der Waals surface area (Å²) in [5.74, 6) is 0.332. The Labute approximate surface area is 170 Å². The van der Waals surface area contributed by atoms with Crippen molar-refractivity contribution in [2.24, 2.45) is 0 Å². The zero-order valence-electron chi connectivity index (χ0n) is 17.0. The number of hydrogen-bond donors (Lipinski definition) is 1. The number of ether oxygens (including phenoxy) is 4. The second-order valence-electron chi connectivity index (χ2n) is 6.00. The van der Waals surface area contributed by atoms with Crippen LogP contribution in [0.4, 0.5) is 5.69 Å². The molecule has 1 N–H and O–H groups in total. The average Bonchev–Trinajstić information content (AvgIpc) is 2.75. The Bertz CT molecular complexity index is 848. The lowest BCUT2D eigenvalue weighted by Crippen LogP contribution is -2.20. The van der Waals surface area contributed by atoms with E-state index in [9.17, 15) is 9.59 Å². The van der Waals surface area contributed by atoms with Gasteiger partial charge in [-0.1, -0.05) is 19.1 Å². The third-order valence-electron chi connectivity index (χ3n) is 4.09. The van der Waals surface area contributed by atoms with Crippen LogP contribution in [0.15, 0.2) is 42.5 Å². The topological polar surface area (TPSA) is 83.1 Å². The third kappa shape index (κ3) is 6.27. The summed E-state index contributed by atoms with van der Waals surface area (Å²) in [5, 5.41) is 2.68. The molecule has 2 aromatic rings. The number of aryl methyl sites for hydroxylation is 1. The van der Waals surface area contributed by atoms with Crippen LogP contribution in [0.1, 0.15) is 18.1 Å². The van der Waals surface area contributed by atoms with Crippen LogP contribution in [-0.2, 0) is 20.7 Å². The normalized spacial score (nSPS) is 10.5. The summed E-state index contributed by atoms with van der Waals surface area (Å²) < 4.78 is 20.8. The number of esters is 1. The number of carbonyl (C=O) groups excluding carboxylic acids is 2. The molecule has 0 heterocycles. The van der Waals surface area contributed by atoms with Crippen molar-refractivity contribution in [1.29, 1.82) is 0 Å². The Balaban J connectivity index is 1.92. The van der Waals surface area contributed by atoms with Gasteiger partial charge in [-0.2, -0.15) is 0 Å². The smallest absolute Gasteiger partial charge is 0.331 e. The Morgan fingerprint density at radius 1 is 0.966 bits per heavy atom. The van der Waals surface area contributed by atoms with Crippen molar-refractivity contribution in [2.75, 3.05) is 33.3 Å². The molecule has 0 bridgehead atoms. The van der Waals surface area contributed by atoms with Crippen LogP contribution in [0.2, 0.25) is 0 Å². The van der Waals surface area contributed by atoms with Crippen LogP contribution in [0, 0.1) is 0 Å². The van der Waals surface area contributed by atoms with Gasteiger partial charge in [0.2, 0.25) is 5.75 Å². The summed E-state index contributed by atoms with van der Waals surface area (Å²) in [7, 11) is 4.53. The van der Waals surface area contributed by atoms with E-state index in [1.807, 2.05) is 24.3 Å². The first-order chi connectivity index (χ1) is 14.0. The molecule has 7 nitrogen and oxygen atoms in total. The highest BCUT2D eigenvalue weighted by Gasteiger charge is 2.12. The van der Waals surface area contributed by atoms with E-state index in [1.54, 1.807) is 12.1 Å². The van der Waals surface area contributed by atoms with Crippen molar-refractivity contribution in [1.82, 2.24) is 0 Å². The summed E-state index contributed by atoms with van der Waals surface area (Å²) in [5.41, 5.74) is 2.47. The highest BCUT2D eigenvalue weighted by Crippen LogP contribution is 2.38. The fraction of sp³-hybridized carbons (Fsp3) is 0.273. The summed E-state index contributed by atoms with van der Waals surface area (Å²) >= 11 is 0. The fourth-order valence-electron chi connectivity index (χ4n) is 2.57. The van der Waals surface area contributed by atoms with E-state index in [4.69, 9.17) is 18.9 Å². The molecule has 0 aliphatic rings. The van der Waals surface area contributed by atoms with Crippen LogP contribution in [0.5, 0.6) is 17.2 Å². The number of carbonyl (C=O) groups is 2. The van der Waals surface area contributed by atoms with Gasteiger partial charge in [0, 0.05) is 11.8 Å². The fourth-order valence-corrected chi connectivity index (χ4v) is 2.57. The van der Waals surface area contributed by atoms with Gasteiger partial charge in [-0.15, -0.1) is 0 Å². The highest BCUT2D eigenvalue weighted by atomic mass is 16.5. The molecule has 0 saturated heterocycles. The van der Waals surface area contributed by atoms with Crippen molar-refractivity contribution in [3.05, 3.63) is 53.6 Å². The molecule has 0 saturated carbocycles. The minimum atomic E-state index is -0.643. The van der Waals surface area contributed by atoms with Crippen LogP contribution < -0.4 is 19.5 Å². The highest BCUT2D eigenvalue weighted by molar-refractivity contribution is 5.94. The number of benzene rings is 2. The first-order valence-corrected chi connectivity index (χ1v) is 9.04. The lowest BCUT2D eigenvalue weighted by Gasteiger charge is -2.12. The summed E-state index contributed by atoms with van der Waals surface area (Å²) in [6.07, 6.45) is 3.68. The predicted octanol–water partition coefficient (Wildman–Crippen LogP) is 3.47. The Morgan fingerprint density at radius 2 is 1.59 bits per heavy atom. The van der Waals surface area contributed by atoms with E-state index in [1.165, 1.54) is 39.0 Å². The maximum Gasteiger partial charge on any atom is 0.331 e. The standard InChI is InChI=1S/C22H25NO6/c1-5-15-6-9-17(10-7-15)23-20(24)14-29-21(25)11-8-16-12-18(26-2)22(28-4)19(13-16)27-3/h6-13H,5,14H2,1-4H3,(H,23,24)/b11-8+. The summed E-state index contributed by atoms with van der Waals surface area (Å²) in [4.78, 5) is 23.8. The van der Waals surface area contributed by atoms with Gasteiger partial charge in [-0.05, 0) is 47.9 Å². The summed E-state index contributed by atoms with van der Waals surface area (Å²) in [6.45, 7) is 1.67. The van der Waals surface area contributed by atoms with Crippen molar-refractivity contribution in [2.45, 2.75) is 13.3 Å². The molecule has 7 heteroatoms. The maximum absolute atomic E-state index is 11.9. The number of nitrogens with one attached hydrogen (secondary N) is 1. The second-order valence-corrected chi connectivity index (χ2v) is 6.00. The zero-order valence-corrected chi connectivity index (χ0v) is 17.0. The molecule has 2 rings (SSSR count). The molecule has 1 amide bonds. The molecule has 0 atom stereocenters. The van der Waals surface area contributed by atoms with Gasteiger partial charge in [0.25, 0.3) is 5.91 Å². The summed E-state index contributed by atoms with van der Waals surface area (Å²) in [6, 6.07) is 10.9. The van der Waals surface area contributed by atoms with E-state index in [2.05, 4.69) is 12.2 Å². The molecule has 0 unspecified atom stereocenters. The number of amides is 1. The SMILES string of the molecule is CCc1ccc(NC(=O)COC(=O)/C=C/c2cc(OC)c(OC)c(OC)c2)cc1. The molecule has 154 valence electrons. The number of hydrogen-bond acceptors (Lipinski definition) is 6. The maximum atomic E-state index is 11.9. The van der Waals surface area contributed by atoms with Crippen molar-refractivity contribution in [3.63, 3.8) is 0 Å². The molecule has 0 aromatic heterocycles. The van der Waals surface area contributed by atoms with Gasteiger partial charge in [-0.25, -0.2) is 4.79 Å². The number of methoxy groups -OCH3 is 3.